The van der Waals surface area contributed by atoms with Crippen molar-refractivity contribution in [1.82, 2.24) is 0 Å². The van der Waals surface area contributed by atoms with Gasteiger partial charge in [0.05, 0.1) is 6.26 Å². The molecule has 110 valence electrons. The summed E-state index contributed by atoms with van der Waals surface area (Å²) in [5.41, 5.74) is 6.97. The van der Waals surface area contributed by atoms with E-state index >= 15 is 0 Å². The molecule has 1 fully saturated rings. The normalized spacial score (nSPS) is 16.5. The highest BCUT2D eigenvalue weighted by atomic mass is 32.2. The first-order valence-corrected chi connectivity index (χ1v) is 8.36. The van der Waals surface area contributed by atoms with Crippen LogP contribution >= 0.6 is 0 Å². The van der Waals surface area contributed by atoms with Crippen LogP contribution in [0.1, 0.15) is 19.3 Å². The molecule has 0 spiro atoms. The molecule has 1 saturated carbocycles. The molecule has 1 unspecified atom stereocenters. The highest BCUT2D eigenvalue weighted by Crippen LogP contribution is 2.32. The van der Waals surface area contributed by atoms with Gasteiger partial charge in [0, 0.05) is 23.8 Å². The summed E-state index contributed by atoms with van der Waals surface area (Å²) in [5.74, 6) is 0.371. The minimum atomic E-state index is -3.29. The Balaban J connectivity index is 1.88. The average molecular weight is 297 g/mol. The van der Waals surface area contributed by atoms with Gasteiger partial charge in [-0.15, -0.1) is 0 Å². The lowest BCUT2D eigenvalue weighted by atomic mass is 10.1. The third-order valence-electron chi connectivity index (χ3n) is 3.12. The molecule has 1 aliphatic rings. The van der Waals surface area contributed by atoms with Crippen molar-refractivity contribution in [2.75, 3.05) is 16.3 Å². The summed E-state index contributed by atoms with van der Waals surface area (Å²) in [7, 11) is -3.29. The summed E-state index contributed by atoms with van der Waals surface area (Å²) in [5, 5.41) is 2.75. The van der Waals surface area contributed by atoms with Gasteiger partial charge in [0.25, 0.3) is 0 Å². The third kappa shape index (κ3) is 4.82. The van der Waals surface area contributed by atoms with E-state index in [-0.39, 0.29) is 11.9 Å². The molecule has 2 rings (SSSR count). The summed E-state index contributed by atoms with van der Waals surface area (Å²) in [4.78, 5) is 11.8. The summed E-state index contributed by atoms with van der Waals surface area (Å²) in [6.45, 7) is 0. The van der Waals surface area contributed by atoms with Crippen LogP contribution in [0.25, 0.3) is 0 Å². The van der Waals surface area contributed by atoms with E-state index < -0.39 is 10.0 Å². The molecule has 1 aromatic carbocycles. The van der Waals surface area contributed by atoms with Crippen molar-refractivity contribution in [2.24, 2.45) is 11.7 Å². The Hall–Kier alpha value is -1.60. The van der Waals surface area contributed by atoms with E-state index in [1.807, 2.05) is 0 Å². The number of rotatable bonds is 6. The number of hydrogen-bond acceptors (Lipinski definition) is 4. The van der Waals surface area contributed by atoms with Crippen LogP contribution in [0.2, 0.25) is 0 Å². The van der Waals surface area contributed by atoms with Crippen LogP contribution in [0.4, 0.5) is 11.4 Å². The predicted octanol–water partition coefficient (Wildman–Crippen LogP) is 1.12. The molecule has 1 aliphatic carbocycles. The second-order valence-corrected chi connectivity index (χ2v) is 6.95. The average Bonchev–Trinajstić information content (AvgIpc) is 3.13. The first-order valence-electron chi connectivity index (χ1n) is 6.47. The fraction of sp³-hybridized carbons (Fsp3) is 0.462. The van der Waals surface area contributed by atoms with Crippen LogP contribution < -0.4 is 15.8 Å². The van der Waals surface area contributed by atoms with Gasteiger partial charge in [-0.25, -0.2) is 8.42 Å². The molecule has 0 saturated heterocycles. The van der Waals surface area contributed by atoms with Crippen molar-refractivity contribution in [3.63, 3.8) is 0 Å². The van der Waals surface area contributed by atoms with E-state index in [2.05, 4.69) is 10.0 Å². The van der Waals surface area contributed by atoms with Gasteiger partial charge in [-0.3, -0.25) is 9.52 Å². The lowest BCUT2D eigenvalue weighted by Gasteiger charge is -2.11. The SMILES string of the molecule is CS(=O)(=O)Nc1ccc(NC(=O)CC(N)C2CC2)cc1. The molecule has 0 aliphatic heterocycles. The predicted molar refractivity (Wildman–Crippen MR) is 78.9 cm³/mol. The van der Waals surface area contributed by atoms with Crippen LogP contribution in [0.15, 0.2) is 24.3 Å². The third-order valence-corrected chi connectivity index (χ3v) is 3.73. The molecular weight excluding hydrogens is 278 g/mol. The molecule has 4 N–H and O–H groups in total. The summed E-state index contributed by atoms with van der Waals surface area (Å²) < 4.78 is 24.5. The molecule has 7 heteroatoms. The summed E-state index contributed by atoms with van der Waals surface area (Å²) in [6, 6.07) is 6.41. The molecule has 0 heterocycles. The van der Waals surface area contributed by atoms with Crippen LogP contribution in [-0.4, -0.2) is 26.6 Å². The van der Waals surface area contributed by atoms with E-state index in [9.17, 15) is 13.2 Å². The van der Waals surface area contributed by atoms with Crippen molar-refractivity contribution >= 4 is 27.3 Å². The van der Waals surface area contributed by atoms with Crippen molar-refractivity contribution < 1.29 is 13.2 Å². The van der Waals surface area contributed by atoms with Crippen LogP contribution in [0, 0.1) is 5.92 Å². The van der Waals surface area contributed by atoms with Crippen molar-refractivity contribution in [1.29, 1.82) is 0 Å². The molecule has 0 aromatic heterocycles. The first kappa shape index (κ1) is 14.8. The number of hydrogen-bond donors (Lipinski definition) is 3. The zero-order valence-corrected chi connectivity index (χ0v) is 12.1. The Morgan fingerprint density at radius 2 is 1.85 bits per heavy atom. The molecule has 20 heavy (non-hydrogen) atoms. The van der Waals surface area contributed by atoms with E-state index in [0.717, 1.165) is 19.1 Å². The number of carbonyl (C=O) groups excluding carboxylic acids is 1. The maximum absolute atomic E-state index is 11.8. The second-order valence-electron chi connectivity index (χ2n) is 5.21. The Kier molecular flexibility index (Phi) is 4.29. The van der Waals surface area contributed by atoms with Gasteiger partial charge in [0.15, 0.2) is 0 Å². The van der Waals surface area contributed by atoms with E-state index in [4.69, 9.17) is 5.73 Å². The fourth-order valence-electron chi connectivity index (χ4n) is 1.95. The minimum Gasteiger partial charge on any atom is -0.327 e. The fourth-order valence-corrected chi connectivity index (χ4v) is 2.52. The van der Waals surface area contributed by atoms with Crippen LogP contribution in [0.3, 0.4) is 0 Å². The van der Waals surface area contributed by atoms with Gasteiger partial charge < -0.3 is 11.1 Å². The molecule has 1 amide bonds. The molecule has 0 radical (unpaired) electrons. The smallest absolute Gasteiger partial charge is 0.229 e. The number of anilines is 2. The molecular formula is C13H19N3O3S. The van der Waals surface area contributed by atoms with Crippen molar-refractivity contribution in [3.05, 3.63) is 24.3 Å². The molecule has 6 nitrogen and oxygen atoms in total. The van der Waals surface area contributed by atoms with E-state index in [0.29, 0.717) is 23.7 Å². The largest absolute Gasteiger partial charge is 0.327 e. The Labute approximate surface area is 118 Å². The molecule has 0 bridgehead atoms. The highest BCUT2D eigenvalue weighted by Gasteiger charge is 2.29. The van der Waals surface area contributed by atoms with Gasteiger partial charge in [0.1, 0.15) is 0 Å². The number of nitrogens with one attached hydrogen (secondary N) is 2. The van der Waals surface area contributed by atoms with E-state index in [1.54, 1.807) is 24.3 Å². The van der Waals surface area contributed by atoms with Gasteiger partial charge >= 0.3 is 0 Å². The summed E-state index contributed by atoms with van der Waals surface area (Å²) in [6.07, 6.45) is 3.62. The standard InChI is InChI=1S/C13H19N3O3S/c1-20(18,19)16-11-6-4-10(5-7-11)15-13(17)8-12(14)9-2-3-9/h4-7,9,12,16H,2-3,8,14H2,1H3,(H,15,17). The maximum Gasteiger partial charge on any atom is 0.229 e. The Morgan fingerprint density at radius 3 is 2.35 bits per heavy atom. The van der Waals surface area contributed by atoms with Gasteiger partial charge in [0.2, 0.25) is 15.9 Å². The maximum atomic E-state index is 11.8. The van der Waals surface area contributed by atoms with E-state index in [1.165, 1.54) is 0 Å². The zero-order chi connectivity index (χ0) is 14.8. The number of sulfonamides is 1. The monoisotopic (exact) mass is 297 g/mol. The topological polar surface area (TPSA) is 101 Å². The highest BCUT2D eigenvalue weighted by molar-refractivity contribution is 7.92. The number of nitrogens with two attached hydrogens (primary N) is 1. The number of amides is 1. The van der Waals surface area contributed by atoms with Crippen molar-refractivity contribution in [2.45, 2.75) is 25.3 Å². The number of benzene rings is 1. The lowest BCUT2D eigenvalue weighted by molar-refractivity contribution is -0.116. The molecule has 1 atom stereocenters. The number of carbonyl (C=O) groups is 1. The van der Waals surface area contributed by atoms with Crippen LogP contribution in [-0.2, 0) is 14.8 Å². The Bertz CT molecular complexity index is 579. The second kappa shape index (κ2) is 5.80. The first-order chi connectivity index (χ1) is 9.33. The van der Waals surface area contributed by atoms with Gasteiger partial charge in [-0.1, -0.05) is 0 Å². The quantitative estimate of drug-likeness (QED) is 0.732. The zero-order valence-electron chi connectivity index (χ0n) is 11.3. The minimum absolute atomic E-state index is 0.0684. The van der Waals surface area contributed by atoms with Gasteiger partial charge in [-0.05, 0) is 43.0 Å². The molecule has 1 aromatic rings. The van der Waals surface area contributed by atoms with Crippen LogP contribution in [0.5, 0.6) is 0 Å². The Morgan fingerprint density at radius 1 is 1.30 bits per heavy atom. The van der Waals surface area contributed by atoms with Gasteiger partial charge in [-0.2, -0.15) is 0 Å². The van der Waals surface area contributed by atoms with Crippen molar-refractivity contribution in [3.8, 4) is 0 Å². The lowest BCUT2D eigenvalue weighted by Crippen LogP contribution is -2.28. The summed E-state index contributed by atoms with van der Waals surface area (Å²) >= 11 is 0.